The molecule has 0 bridgehead atoms. The molecule has 22 heavy (non-hydrogen) atoms. The highest BCUT2D eigenvalue weighted by Crippen LogP contribution is 2.36. The van der Waals surface area contributed by atoms with Crippen LogP contribution in [0.4, 0.5) is 18.9 Å². The summed E-state index contributed by atoms with van der Waals surface area (Å²) in [6.07, 6.45) is -4.83. The molecule has 5 nitrogen and oxygen atoms in total. The first-order chi connectivity index (χ1) is 9.84. The van der Waals surface area contributed by atoms with E-state index in [1.54, 1.807) is 13.8 Å². The average molecular weight is 335 g/mol. The second kappa shape index (κ2) is 6.25. The molecule has 1 aromatic rings. The molecule has 0 amide bonds. The van der Waals surface area contributed by atoms with Gasteiger partial charge < -0.3 is 4.55 Å². The topological polar surface area (TPSA) is 78.6 Å². The van der Waals surface area contributed by atoms with Gasteiger partial charge in [0.15, 0.2) is 0 Å². The van der Waals surface area contributed by atoms with E-state index in [1.807, 2.05) is 0 Å². The Hall–Kier alpha value is -1.61. The molecule has 0 saturated heterocycles. The van der Waals surface area contributed by atoms with Crippen LogP contribution in [-0.4, -0.2) is 19.9 Å². The number of halogens is 3. The van der Waals surface area contributed by atoms with Crippen LogP contribution in [0.15, 0.2) is 22.6 Å². The van der Waals surface area contributed by atoms with Crippen LogP contribution in [0.25, 0.3) is 0 Å². The minimum Gasteiger partial charge on any atom is -0.591 e. The highest BCUT2D eigenvalue weighted by molar-refractivity contribution is 7.91. The van der Waals surface area contributed by atoms with Crippen molar-refractivity contribution in [1.82, 2.24) is 0 Å². The van der Waals surface area contributed by atoms with Crippen LogP contribution in [0.3, 0.4) is 0 Å². The zero-order valence-corrected chi connectivity index (χ0v) is 12.9. The van der Waals surface area contributed by atoms with Crippen molar-refractivity contribution in [3.63, 3.8) is 0 Å². The Labute approximate surface area is 128 Å². The first-order valence-corrected chi connectivity index (χ1v) is 7.13. The molecule has 1 aromatic carbocycles. The molecule has 0 spiro atoms. The molecular formula is C13H14F3N2O3S. The second-order valence-corrected chi connectivity index (χ2v) is 6.96. The lowest BCUT2D eigenvalue weighted by Crippen LogP contribution is -2.27. The minimum atomic E-state index is -4.83. The molecule has 9 heteroatoms. The number of nitrogens with zero attached hydrogens (tertiary/aromatic N) is 2. The fourth-order valence-corrected chi connectivity index (χ4v) is 2.05. The van der Waals surface area contributed by atoms with Crippen molar-refractivity contribution in [2.24, 2.45) is 4.40 Å². The van der Waals surface area contributed by atoms with Gasteiger partial charge in [0.05, 0.1) is 10.6 Å². The Morgan fingerprint density at radius 3 is 2.32 bits per heavy atom. The molecule has 1 rings (SSSR count). The predicted octanol–water partition coefficient (Wildman–Crippen LogP) is 3.70. The number of rotatable bonds is 4. The summed E-state index contributed by atoms with van der Waals surface area (Å²) in [6.45, 7) is 8.21. The van der Waals surface area contributed by atoms with Gasteiger partial charge in [0, 0.05) is 18.6 Å². The molecule has 0 fully saturated rings. The lowest BCUT2D eigenvalue weighted by Gasteiger charge is -2.18. The largest absolute Gasteiger partial charge is 0.591 e. The zero-order chi connectivity index (χ0) is 17.3. The molecule has 0 heterocycles. The maximum absolute atomic E-state index is 12.7. The number of hydrogen-bond donors (Lipinski definition) is 0. The van der Waals surface area contributed by atoms with Crippen molar-refractivity contribution in [1.29, 1.82) is 0 Å². The van der Waals surface area contributed by atoms with Crippen LogP contribution >= 0.6 is 0 Å². The van der Waals surface area contributed by atoms with Crippen LogP contribution in [0.5, 0.6) is 0 Å². The Kier molecular flexibility index (Phi) is 5.24. The van der Waals surface area contributed by atoms with Crippen molar-refractivity contribution in [2.45, 2.75) is 31.7 Å². The van der Waals surface area contributed by atoms with Crippen molar-refractivity contribution >= 4 is 22.8 Å². The molecule has 0 unspecified atom stereocenters. The van der Waals surface area contributed by atoms with Crippen molar-refractivity contribution in [3.8, 4) is 0 Å². The molecule has 121 valence electrons. The van der Waals surface area contributed by atoms with Gasteiger partial charge in [-0.2, -0.15) is 13.2 Å². The first-order valence-electron chi connectivity index (χ1n) is 6.02. The monoisotopic (exact) mass is 335 g/mol. The van der Waals surface area contributed by atoms with Crippen LogP contribution in [0, 0.1) is 17.0 Å². The van der Waals surface area contributed by atoms with Gasteiger partial charge in [-0.3, -0.25) is 10.1 Å². The third-order valence-electron chi connectivity index (χ3n) is 2.61. The average Bonchev–Trinajstić information content (AvgIpc) is 2.35. The number of hydrogen-bond acceptors (Lipinski definition) is 4. The third kappa shape index (κ3) is 4.44. The zero-order valence-electron chi connectivity index (χ0n) is 12.1. The van der Waals surface area contributed by atoms with Gasteiger partial charge >= 0.3 is 6.18 Å². The van der Waals surface area contributed by atoms with E-state index < -0.39 is 38.5 Å². The molecule has 0 aromatic heterocycles. The summed E-state index contributed by atoms with van der Waals surface area (Å²) in [4.78, 5) is 9.71. The summed E-state index contributed by atoms with van der Waals surface area (Å²) >= 11 is -1.72. The van der Waals surface area contributed by atoms with E-state index in [0.29, 0.717) is 6.07 Å². The van der Waals surface area contributed by atoms with Gasteiger partial charge in [-0.25, -0.2) is 0 Å². The van der Waals surface area contributed by atoms with E-state index >= 15 is 0 Å². The normalized spacial score (nSPS) is 14.8. The van der Waals surface area contributed by atoms with Crippen LogP contribution < -0.4 is 0 Å². The molecule has 1 atom stereocenters. The molecule has 0 aliphatic heterocycles. The van der Waals surface area contributed by atoms with Gasteiger partial charge in [-0.1, -0.05) is 10.5 Å². The summed E-state index contributed by atoms with van der Waals surface area (Å²) in [6, 6.07) is 2.45. The standard InChI is InChI=1S/C13H14F3N2O3S/c1-8(17-22(21)12(2,3)4)9-5-6-10(13(14,15)16)11(7-9)18(19)20/h5-7H,2H2,1,3-4H3/b17-8+/t22-/m1/s1. The van der Waals surface area contributed by atoms with Crippen molar-refractivity contribution in [2.75, 3.05) is 0 Å². The van der Waals surface area contributed by atoms with E-state index in [0.717, 1.165) is 12.1 Å². The Morgan fingerprint density at radius 2 is 1.91 bits per heavy atom. The van der Waals surface area contributed by atoms with E-state index in [-0.39, 0.29) is 11.3 Å². The predicted molar refractivity (Wildman–Crippen MR) is 77.9 cm³/mol. The van der Waals surface area contributed by atoms with Gasteiger partial charge in [-0.05, 0) is 26.8 Å². The quantitative estimate of drug-likeness (QED) is 0.364. The summed E-state index contributed by atoms with van der Waals surface area (Å²) in [5, 5.41) is 10.8. The van der Waals surface area contributed by atoms with E-state index in [4.69, 9.17) is 0 Å². The SMILES string of the molecule is [CH2]C(C)(C)[S@@+]([O-])/N=C(\C)c1ccc(C(F)(F)F)c([N+](=O)[O-])c1. The Balaban J connectivity index is 3.32. The van der Waals surface area contributed by atoms with Crippen LogP contribution in [0.2, 0.25) is 0 Å². The maximum Gasteiger partial charge on any atom is 0.422 e. The van der Waals surface area contributed by atoms with Gasteiger partial charge in [-0.15, -0.1) is 0 Å². The molecule has 0 N–H and O–H groups in total. The van der Waals surface area contributed by atoms with E-state index in [2.05, 4.69) is 11.3 Å². The fourth-order valence-electron chi connectivity index (χ4n) is 1.45. The van der Waals surface area contributed by atoms with Gasteiger partial charge in [0.2, 0.25) is 0 Å². The first kappa shape index (κ1) is 18.4. The third-order valence-corrected chi connectivity index (χ3v) is 4.00. The summed E-state index contributed by atoms with van der Waals surface area (Å²) < 4.78 is 52.9. The lowest BCUT2D eigenvalue weighted by molar-refractivity contribution is -0.388. The molecule has 0 saturated carbocycles. The maximum atomic E-state index is 12.7. The van der Waals surface area contributed by atoms with Gasteiger partial charge in [0.25, 0.3) is 5.69 Å². The molecule has 0 aliphatic carbocycles. The second-order valence-electron chi connectivity index (χ2n) is 5.17. The number of nitro benzene ring substituents is 1. The Bertz CT molecular complexity index is 610. The summed E-state index contributed by atoms with van der Waals surface area (Å²) in [5.41, 5.74) is -2.18. The molecular weight excluding hydrogens is 321 g/mol. The van der Waals surface area contributed by atoms with Gasteiger partial charge in [0.1, 0.15) is 21.7 Å². The van der Waals surface area contributed by atoms with E-state index in [1.165, 1.54) is 6.92 Å². The van der Waals surface area contributed by atoms with Crippen molar-refractivity contribution in [3.05, 3.63) is 46.4 Å². The molecule has 1 radical (unpaired) electrons. The highest BCUT2D eigenvalue weighted by atomic mass is 32.2. The number of benzene rings is 1. The fraction of sp³-hybridized carbons (Fsp3) is 0.385. The summed E-state index contributed by atoms with van der Waals surface area (Å²) in [7, 11) is 0. The number of nitro groups is 1. The van der Waals surface area contributed by atoms with Crippen LogP contribution in [0.1, 0.15) is 31.9 Å². The smallest absolute Gasteiger partial charge is 0.422 e. The van der Waals surface area contributed by atoms with E-state index in [9.17, 15) is 27.8 Å². The highest BCUT2D eigenvalue weighted by Gasteiger charge is 2.38. The lowest BCUT2D eigenvalue weighted by atomic mass is 10.1. The van der Waals surface area contributed by atoms with Crippen molar-refractivity contribution < 1.29 is 22.6 Å². The van der Waals surface area contributed by atoms with Crippen LogP contribution in [-0.2, 0) is 17.5 Å². The Morgan fingerprint density at radius 1 is 1.36 bits per heavy atom. The number of alkyl halides is 3. The summed E-state index contributed by atoms with van der Waals surface area (Å²) in [5.74, 6) is 0. The minimum absolute atomic E-state index is 0.0947. The molecule has 0 aliphatic rings.